The summed E-state index contributed by atoms with van der Waals surface area (Å²) in [7, 11) is 3.73. The van der Waals surface area contributed by atoms with Crippen LogP contribution in [0.2, 0.25) is 0 Å². The molecule has 0 aliphatic carbocycles. The molecule has 3 N–H and O–H groups in total. The molecule has 0 aromatic carbocycles. The highest BCUT2D eigenvalue weighted by molar-refractivity contribution is 5.69. The summed E-state index contributed by atoms with van der Waals surface area (Å²) in [5.41, 5.74) is 7.58. The Hall–Kier alpha value is -1.98. The Morgan fingerprint density at radius 3 is 2.62 bits per heavy atom. The van der Waals surface area contributed by atoms with Crippen LogP contribution in [-0.2, 0) is 20.5 Å². The maximum atomic E-state index is 5.99. The highest BCUT2D eigenvalue weighted by Gasteiger charge is 2.12. The van der Waals surface area contributed by atoms with Gasteiger partial charge >= 0.3 is 0 Å². The monoisotopic (exact) mass is 220 g/mol. The zero-order chi connectivity index (χ0) is 11.7. The van der Waals surface area contributed by atoms with E-state index in [9.17, 15) is 0 Å². The van der Waals surface area contributed by atoms with Gasteiger partial charge in [-0.15, -0.1) is 0 Å². The summed E-state index contributed by atoms with van der Waals surface area (Å²) in [4.78, 5) is 0. The molecule has 2 rings (SSSR count). The van der Waals surface area contributed by atoms with Crippen molar-refractivity contribution in [3.8, 4) is 0 Å². The van der Waals surface area contributed by atoms with Gasteiger partial charge in [0.25, 0.3) is 0 Å². The fraction of sp³-hybridized carbons (Fsp3) is 0.400. The Morgan fingerprint density at radius 1 is 1.38 bits per heavy atom. The molecule has 0 aliphatic rings. The number of anilines is 3. The summed E-state index contributed by atoms with van der Waals surface area (Å²) in [6.45, 7) is 2.03. The number of aromatic nitrogens is 4. The summed E-state index contributed by atoms with van der Waals surface area (Å²) in [6.07, 6.45) is 2.69. The second kappa shape index (κ2) is 3.88. The van der Waals surface area contributed by atoms with Gasteiger partial charge in [0, 0.05) is 26.4 Å². The molecule has 0 amide bonds. The average Bonchev–Trinajstić information content (AvgIpc) is 2.77. The molecule has 6 nitrogen and oxygen atoms in total. The van der Waals surface area contributed by atoms with Gasteiger partial charge in [0.1, 0.15) is 0 Å². The number of rotatable bonds is 3. The lowest BCUT2D eigenvalue weighted by Gasteiger charge is -2.03. The van der Waals surface area contributed by atoms with Crippen LogP contribution in [0.15, 0.2) is 12.3 Å². The van der Waals surface area contributed by atoms with Crippen LogP contribution in [-0.4, -0.2) is 19.6 Å². The molecule has 0 aliphatic heterocycles. The largest absolute Gasteiger partial charge is 0.394 e. The molecule has 0 radical (unpaired) electrons. The third-order valence-electron chi connectivity index (χ3n) is 2.46. The van der Waals surface area contributed by atoms with Crippen molar-refractivity contribution in [2.24, 2.45) is 14.1 Å². The highest BCUT2D eigenvalue weighted by Crippen LogP contribution is 2.24. The molecule has 0 bridgehead atoms. The van der Waals surface area contributed by atoms with Gasteiger partial charge < -0.3 is 11.1 Å². The van der Waals surface area contributed by atoms with Gasteiger partial charge in [0.05, 0.1) is 11.4 Å². The van der Waals surface area contributed by atoms with E-state index in [1.54, 1.807) is 9.36 Å². The lowest BCUT2D eigenvalue weighted by molar-refractivity contribution is 0.748. The van der Waals surface area contributed by atoms with Crippen LogP contribution < -0.4 is 11.1 Å². The van der Waals surface area contributed by atoms with Gasteiger partial charge in [0.15, 0.2) is 11.6 Å². The summed E-state index contributed by atoms with van der Waals surface area (Å²) in [6, 6.07) is 1.89. The second-order valence-electron chi connectivity index (χ2n) is 3.69. The maximum Gasteiger partial charge on any atom is 0.153 e. The lowest BCUT2D eigenvalue weighted by Crippen LogP contribution is -2.02. The lowest BCUT2D eigenvalue weighted by atomic mass is 10.3. The number of nitrogen functional groups attached to an aromatic ring is 1. The molecule has 0 saturated heterocycles. The molecule has 0 fully saturated rings. The van der Waals surface area contributed by atoms with Gasteiger partial charge in [-0.25, -0.2) is 0 Å². The van der Waals surface area contributed by atoms with Crippen LogP contribution in [0.1, 0.15) is 12.6 Å². The molecular formula is C10H16N6. The van der Waals surface area contributed by atoms with Crippen LogP contribution in [0.25, 0.3) is 0 Å². The van der Waals surface area contributed by atoms with Crippen molar-refractivity contribution in [2.45, 2.75) is 13.3 Å². The first kappa shape index (κ1) is 10.5. The minimum absolute atomic E-state index is 0.690. The van der Waals surface area contributed by atoms with Crippen molar-refractivity contribution in [3.05, 3.63) is 18.0 Å². The van der Waals surface area contributed by atoms with E-state index in [0.29, 0.717) is 5.69 Å². The molecule has 0 saturated carbocycles. The minimum Gasteiger partial charge on any atom is -0.394 e. The fourth-order valence-corrected chi connectivity index (χ4v) is 1.61. The van der Waals surface area contributed by atoms with Gasteiger partial charge in [-0.2, -0.15) is 10.2 Å². The number of hydrogen-bond donors (Lipinski definition) is 2. The third-order valence-corrected chi connectivity index (χ3v) is 2.46. The molecule has 16 heavy (non-hydrogen) atoms. The highest BCUT2D eigenvalue weighted by atomic mass is 15.4. The Bertz CT molecular complexity index is 495. The predicted octanol–water partition coefficient (Wildman–Crippen LogP) is 1.04. The fourth-order valence-electron chi connectivity index (χ4n) is 1.61. The van der Waals surface area contributed by atoms with Gasteiger partial charge in [-0.1, -0.05) is 6.92 Å². The first-order chi connectivity index (χ1) is 7.61. The zero-order valence-electron chi connectivity index (χ0n) is 9.73. The van der Waals surface area contributed by atoms with Crippen LogP contribution in [0.3, 0.4) is 0 Å². The van der Waals surface area contributed by atoms with Gasteiger partial charge in [0.2, 0.25) is 0 Å². The Labute approximate surface area is 94.1 Å². The van der Waals surface area contributed by atoms with Crippen LogP contribution in [0, 0.1) is 0 Å². The maximum absolute atomic E-state index is 5.99. The predicted molar refractivity (Wildman–Crippen MR) is 63.5 cm³/mol. The standard InChI is InChI=1S/C10H16N6/c1-4-7-9(11)10(16(3)13-7)12-8-5-6-15(2)14-8/h5-6H,4,11H2,1-3H3,(H,12,14). The van der Waals surface area contributed by atoms with E-state index in [2.05, 4.69) is 15.5 Å². The van der Waals surface area contributed by atoms with E-state index < -0.39 is 0 Å². The molecule has 6 heteroatoms. The van der Waals surface area contributed by atoms with Crippen LogP contribution >= 0.6 is 0 Å². The third kappa shape index (κ3) is 1.73. The number of nitrogens with one attached hydrogen (secondary N) is 1. The molecule has 2 heterocycles. The minimum atomic E-state index is 0.690. The van der Waals surface area contributed by atoms with E-state index in [0.717, 1.165) is 23.8 Å². The molecular weight excluding hydrogens is 204 g/mol. The SMILES string of the molecule is CCc1nn(C)c(Nc2ccn(C)n2)c1N. The first-order valence-corrected chi connectivity index (χ1v) is 5.19. The van der Waals surface area contributed by atoms with Crippen molar-refractivity contribution in [1.82, 2.24) is 19.6 Å². The Balaban J connectivity index is 2.30. The Morgan fingerprint density at radius 2 is 2.12 bits per heavy atom. The zero-order valence-corrected chi connectivity index (χ0v) is 9.73. The molecule has 2 aromatic heterocycles. The molecule has 0 spiro atoms. The van der Waals surface area contributed by atoms with Crippen molar-refractivity contribution in [2.75, 3.05) is 11.1 Å². The smallest absolute Gasteiger partial charge is 0.153 e. The van der Waals surface area contributed by atoms with Crippen LogP contribution in [0.4, 0.5) is 17.3 Å². The summed E-state index contributed by atoms with van der Waals surface area (Å²) in [5.74, 6) is 1.55. The second-order valence-corrected chi connectivity index (χ2v) is 3.69. The van der Waals surface area contributed by atoms with Crippen molar-refractivity contribution >= 4 is 17.3 Å². The van der Waals surface area contributed by atoms with E-state index in [4.69, 9.17) is 5.73 Å². The summed E-state index contributed by atoms with van der Waals surface area (Å²) < 4.78 is 3.47. The van der Waals surface area contributed by atoms with E-state index >= 15 is 0 Å². The summed E-state index contributed by atoms with van der Waals surface area (Å²) in [5, 5.41) is 11.7. The average molecular weight is 220 g/mol. The molecule has 86 valence electrons. The number of nitrogens with two attached hydrogens (primary N) is 1. The topological polar surface area (TPSA) is 73.7 Å². The molecule has 0 atom stereocenters. The van der Waals surface area contributed by atoms with Gasteiger partial charge in [-0.3, -0.25) is 9.36 Å². The number of nitrogens with zero attached hydrogens (tertiary/aromatic N) is 4. The normalized spacial score (nSPS) is 10.7. The first-order valence-electron chi connectivity index (χ1n) is 5.19. The van der Waals surface area contributed by atoms with E-state index in [1.165, 1.54) is 0 Å². The van der Waals surface area contributed by atoms with Crippen molar-refractivity contribution in [1.29, 1.82) is 0 Å². The number of aryl methyl sites for hydroxylation is 3. The quantitative estimate of drug-likeness (QED) is 0.810. The Kier molecular flexibility index (Phi) is 2.55. The van der Waals surface area contributed by atoms with Crippen LogP contribution in [0.5, 0.6) is 0 Å². The summed E-state index contributed by atoms with van der Waals surface area (Å²) >= 11 is 0. The van der Waals surface area contributed by atoms with E-state index in [-0.39, 0.29) is 0 Å². The van der Waals surface area contributed by atoms with Crippen molar-refractivity contribution in [3.63, 3.8) is 0 Å². The molecule has 2 aromatic rings. The van der Waals surface area contributed by atoms with Crippen molar-refractivity contribution < 1.29 is 0 Å². The molecule has 0 unspecified atom stereocenters. The van der Waals surface area contributed by atoms with E-state index in [1.807, 2.05) is 33.3 Å². The van der Waals surface area contributed by atoms with Gasteiger partial charge in [-0.05, 0) is 6.42 Å². The number of hydrogen-bond acceptors (Lipinski definition) is 4.